The van der Waals surface area contributed by atoms with Crippen LogP contribution in [0.25, 0.3) is 10.9 Å². The van der Waals surface area contributed by atoms with E-state index in [9.17, 15) is 0 Å². The molecule has 104 valence electrons. The van der Waals surface area contributed by atoms with Gasteiger partial charge in [0, 0.05) is 37.3 Å². The summed E-state index contributed by atoms with van der Waals surface area (Å²) < 4.78 is 2.31. The van der Waals surface area contributed by atoms with Gasteiger partial charge < -0.3 is 9.88 Å². The predicted octanol–water partition coefficient (Wildman–Crippen LogP) is 3.59. The van der Waals surface area contributed by atoms with Gasteiger partial charge in [-0.3, -0.25) is 0 Å². The topological polar surface area (TPSA) is 40.8 Å². The van der Waals surface area contributed by atoms with Crippen LogP contribution in [0.2, 0.25) is 0 Å². The van der Waals surface area contributed by atoms with Crippen molar-refractivity contribution in [1.29, 1.82) is 5.26 Å². The van der Waals surface area contributed by atoms with Crippen LogP contribution in [0.5, 0.6) is 0 Å². The van der Waals surface area contributed by atoms with Crippen molar-refractivity contribution in [3.8, 4) is 6.07 Å². The molecule has 3 heteroatoms. The minimum atomic E-state index is 0.662. The second-order valence-electron chi connectivity index (χ2n) is 5.67. The number of benzene rings is 1. The van der Waals surface area contributed by atoms with Crippen LogP contribution >= 0.6 is 0 Å². The molecule has 0 amide bonds. The molecule has 1 aliphatic rings. The lowest BCUT2D eigenvalue weighted by atomic mass is 10.1. The van der Waals surface area contributed by atoms with Crippen LogP contribution in [0.15, 0.2) is 30.5 Å². The van der Waals surface area contributed by atoms with E-state index in [1.165, 1.54) is 29.3 Å². The van der Waals surface area contributed by atoms with Crippen molar-refractivity contribution in [1.82, 2.24) is 9.88 Å². The van der Waals surface area contributed by atoms with Gasteiger partial charge in [0.2, 0.25) is 0 Å². The molecule has 0 atom stereocenters. The molecular formula is C17H21N3. The zero-order valence-electron chi connectivity index (χ0n) is 11.8. The Morgan fingerprint density at radius 1 is 1.25 bits per heavy atom. The summed E-state index contributed by atoms with van der Waals surface area (Å²) >= 11 is 0. The Hall–Kier alpha value is -1.79. The fraction of sp³-hybridized carbons (Fsp3) is 0.471. The third kappa shape index (κ3) is 3.20. The van der Waals surface area contributed by atoms with Crippen molar-refractivity contribution in [2.75, 3.05) is 0 Å². The molecule has 0 aliphatic heterocycles. The first-order valence-electron chi connectivity index (χ1n) is 7.55. The summed E-state index contributed by atoms with van der Waals surface area (Å²) in [6.45, 7) is 1.98. The van der Waals surface area contributed by atoms with E-state index in [-0.39, 0.29) is 0 Å². The lowest BCUT2D eigenvalue weighted by Gasteiger charge is -2.07. The molecule has 1 aromatic heterocycles. The summed E-state index contributed by atoms with van der Waals surface area (Å²) in [5.41, 5.74) is 2.68. The van der Waals surface area contributed by atoms with Crippen molar-refractivity contribution in [2.24, 2.45) is 0 Å². The van der Waals surface area contributed by atoms with Crippen molar-refractivity contribution in [3.63, 3.8) is 0 Å². The first-order chi connectivity index (χ1) is 9.86. The van der Waals surface area contributed by atoms with Crippen LogP contribution in [-0.2, 0) is 13.1 Å². The SMILES string of the molecule is N#CCCCCn1ccc2ccc(CNC3CC3)cc21. The van der Waals surface area contributed by atoms with Crippen LogP contribution in [0.3, 0.4) is 0 Å². The first-order valence-corrected chi connectivity index (χ1v) is 7.55. The van der Waals surface area contributed by atoms with Gasteiger partial charge in [-0.05, 0) is 48.8 Å². The Kier molecular flexibility index (Phi) is 4.03. The maximum Gasteiger partial charge on any atom is 0.0621 e. The molecule has 0 radical (unpaired) electrons. The molecule has 3 nitrogen and oxygen atoms in total. The molecule has 1 aliphatic carbocycles. The van der Waals surface area contributed by atoms with Crippen LogP contribution in [-0.4, -0.2) is 10.6 Å². The Labute approximate surface area is 120 Å². The van der Waals surface area contributed by atoms with Crippen LogP contribution in [0.4, 0.5) is 0 Å². The van der Waals surface area contributed by atoms with Crippen molar-refractivity contribution in [3.05, 3.63) is 36.0 Å². The fourth-order valence-electron chi connectivity index (χ4n) is 2.57. The van der Waals surface area contributed by atoms with E-state index in [2.05, 4.69) is 46.4 Å². The maximum atomic E-state index is 8.58. The number of aryl methyl sites for hydroxylation is 1. The van der Waals surface area contributed by atoms with E-state index >= 15 is 0 Å². The van der Waals surface area contributed by atoms with E-state index in [1.807, 2.05) is 0 Å². The monoisotopic (exact) mass is 267 g/mol. The molecule has 1 saturated carbocycles. The number of nitrogens with one attached hydrogen (secondary N) is 1. The molecular weight excluding hydrogens is 246 g/mol. The maximum absolute atomic E-state index is 8.58. The van der Waals surface area contributed by atoms with Crippen molar-refractivity contribution < 1.29 is 0 Å². The summed E-state index contributed by atoms with van der Waals surface area (Å²) in [7, 11) is 0. The third-order valence-electron chi connectivity index (χ3n) is 3.95. The molecule has 20 heavy (non-hydrogen) atoms. The van der Waals surface area contributed by atoms with Gasteiger partial charge in [-0.15, -0.1) is 0 Å². The third-order valence-corrected chi connectivity index (χ3v) is 3.95. The van der Waals surface area contributed by atoms with Gasteiger partial charge in [-0.2, -0.15) is 5.26 Å². The average molecular weight is 267 g/mol. The fourth-order valence-corrected chi connectivity index (χ4v) is 2.57. The predicted molar refractivity (Wildman–Crippen MR) is 81.3 cm³/mol. The number of fused-ring (bicyclic) bond motifs is 1. The van der Waals surface area contributed by atoms with E-state index in [0.29, 0.717) is 6.42 Å². The quantitative estimate of drug-likeness (QED) is 0.779. The van der Waals surface area contributed by atoms with Gasteiger partial charge in [0.25, 0.3) is 0 Å². The summed E-state index contributed by atoms with van der Waals surface area (Å²) in [6.07, 6.45) is 7.54. The summed E-state index contributed by atoms with van der Waals surface area (Å²) in [6, 6.07) is 11.9. The van der Waals surface area contributed by atoms with Gasteiger partial charge in [0.05, 0.1) is 6.07 Å². The van der Waals surface area contributed by atoms with Gasteiger partial charge in [-0.25, -0.2) is 0 Å². The number of unbranched alkanes of at least 4 members (excludes halogenated alkanes) is 2. The van der Waals surface area contributed by atoms with E-state index in [0.717, 1.165) is 32.0 Å². The molecule has 0 saturated heterocycles. The highest BCUT2D eigenvalue weighted by Crippen LogP contribution is 2.21. The van der Waals surface area contributed by atoms with Gasteiger partial charge in [-0.1, -0.05) is 12.1 Å². The minimum Gasteiger partial charge on any atom is -0.347 e. The lowest BCUT2D eigenvalue weighted by Crippen LogP contribution is -2.15. The van der Waals surface area contributed by atoms with Gasteiger partial charge in [0.15, 0.2) is 0 Å². The average Bonchev–Trinajstić information content (AvgIpc) is 3.22. The highest BCUT2D eigenvalue weighted by Gasteiger charge is 2.19. The second kappa shape index (κ2) is 6.11. The molecule has 1 fully saturated rings. The Bertz CT molecular complexity index is 617. The zero-order valence-corrected chi connectivity index (χ0v) is 11.8. The molecule has 0 spiro atoms. The highest BCUT2D eigenvalue weighted by atomic mass is 15.0. The first kappa shape index (κ1) is 13.2. The van der Waals surface area contributed by atoms with Crippen molar-refractivity contribution in [2.45, 2.75) is 51.2 Å². The lowest BCUT2D eigenvalue weighted by molar-refractivity contribution is 0.631. The number of hydrogen-bond donors (Lipinski definition) is 1. The minimum absolute atomic E-state index is 0.662. The van der Waals surface area contributed by atoms with E-state index < -0.39 is 0 Å². The van der Waals surface area contributed by atoms with E-state index in [1.54, 1.807) is 0 Å². The number of nitriles is 1. The van der Waals surface area contributed by atoms with Gasteiger partial charge in [0.1, 0.15) is 0 Å². The van der Waals surface area contributed by atoms with Crippen LogP contribution in [0.1, 0.15) is 37.7 Å². The molecule has 0 unspecified atom stereocenters. The molecule has 1 aromatic carbocycles. The highest BCUT2D eigenvalue weighted by molar-refractivity contribution is 5.80. The van der Waals surface area contributed by atoms with Crippen LogP contribution in [0, 0.1) is 11.3 Å². The smallest absolute Gasteiger partial charge is 0.0621 e. The van der Waals surface area contributed by atoms with Crippen molar-refractivity contribution >= 4 is 10.9 Å². The standard InChI is InChI=1S/C17H21N3/c18-9-2-1-3-10-20-11-8-15-5-4-14(12-17(15)20)13-19-16-6-7-16/h4-5,8,11-12,16,19H,1-3,6-7,10,13H2. The number of nitrogens with zero attached hydrogens (tertiary/aromatic N) is 2. The Balaban J connectivity index is 1.68. The summed E-state index contributed by atoms with van der Waals surface area (Å²) in [4.78, 5) is 0. The molecule has 2 aromatic rings. The Morgan fingerprint density at radius 2 is 2.15 bits per heavy atom. The largest absolute Gasteiger partial charge is 0.347 e. The van der Waals surface area contributed by atoms with E-state index in [4.69, 9.17) is 5.26 Å². The molecule has 1 heterocycles. The second-order valence-corrected chi connectivity index (χ2v) is 5.67. The van der Waals surface area contributed by atoms with Crippen LogP contribution < -0.4 is 5.32 Å². The molecule has 1 N–H and O–H groups in total. The zero-order chi connectivity index (χ0) is 13.8. The molecule has 3 rings (SSSR count). The van der Waals surface area contributed by atoms with Gasteiger partial charge >= 0.3 is 0 Å². The Morgan fingerprint density at radius 3 is 2.95 bits per heavy atom. The normalized spacial score (nSPS) is 14.6. The number of hydrogen-bond acceptors (Lipinski definition) is 2. The number of aromatic nitrogens is 1. The molecule has 0 bridgehead atoms. The number of rotatable bonds is 7. The summed E-state index contributed by atoms with van der Waals surface area (Å²) in [5, 5.41) is 13.4. The summed E-state index contributed by atoms with van der Waals surface area (Å²) in [5.74, 6) is 0.